The Morgan fingerprint density at radius 3 is 2.55 bits per heavy atom. The first-order chi connectivity index (χ1) is 10.7. The molecule has 124 valence electrons. The Balaban J connectivity index is 1.53. The first-order valence-corrected chi connectivity index (χ1v) is 8.62. The van der Waals surface area contributed by atoms with Gasteiger partial charge < -0.3 is 14.4 Å². The second-order valence-corrected chi connectivity index (χ2v) is 7.04. The van der Waals surface area contributed by atoms with Gasteiger partial charge in [-0.1, -0.05) is 0 Å². The number of halogens is 1. The number of fused-ring (bicyclic) bond motifs is 1. The fourth-order valence-corrected chi connectivity index (χ4v) is 4.35. The minimum atomic E-state index is -1.60. The first-order valence-electron chi connectivity index (χ1n) is 8.62. The average Bonchev–Trinajstić information content (AvgIpc) is 2.92. The normalized spacial score (nSPS) is 38.4. The molecule has 6 heteroatoms. The van der Waals surface area contributed by atoms with Gasteiger partial charge in [-0.15, -0.1) is 0 Å². The lowest BCUT2D eigenvalue weighted by molar-refractivity contribution is -0.153. The lowest BCUT2D eigenvalue weighted by Crippen LogP contribution is -2.53. The van der Waals surface area contributed by atoms with Crippen molar-refractivity contribution in [1.82, 2.24) is 9.80 Å². The van der Waals surface area contributed by atoms with E-state index in [2.05, 4.69) is 4.90 Å². The van der Waals surface area contributed by atoms with Gasteiger partial charge in [0.1, 0.15) is 0 Å². The number of amides is 1. The molecule has 1 amide bonds. The second-order valence-electron chi connectivity index (χ2n) is 7.04. The summed E-state index contributed by atoms with van der Waals surface area (Å²) in [5.41, 5.74) is -1.60. The molecule has 3 heterocycles. The van der Waals surface area contributed by atoms with Crippen LogP contribution in [0, 0.1) is 0 Å². The lowest BCUT2D eigenvalue weighted by Gasteiger charge is -2.39. The summed E-state index contributed by atoms with van der Waals surface area (Å²) in [7, 11) is 0. The van der Waals surface area contributed by atoms with E-state index in [9.17, 15) is 9.18 Å². The van der Waals surface area contributed by atoms with Gasteiger partial charge in [-0.05, 0) is 32.1 Å². The zero-order chi connectivity index (χ0) is 15.2. The van der Waals surface area contributed by atoms with Crippen LogP contribution in [-0.2, 0) is 14.3 Å². The molecular formula is C16H25FN2O3. The van der Waals surface area contributed by atoms with Gasteiger partial charge in [0.25, 0.3) is 5.91 Å². The molecule has 1 aliphatic carbocycles. The fraction of sp³-hybridized carbons (Fsp3) is 0.938. The lowest BCUT2D eigenvalue weighted by atomic mass is 9.80. The molecule has 4 rings (SSSR count). The SMILES string of the molecule is O=C(N1C[C@H](N2CCOCC2)[C@@H]2OCCC[C@@H]21)C1(F)CCC1. The van der Waals surface area contributed by atoms with E-state index in [1.54, 1.807) is 0 Å². The van der Waals surface area contributed by atoms with Gasteiger partial charge >= 0.3 is 0 Å². The first kappa shape index (κ1) is 14.8. The third-order valence-corrected chi connectivity index (χ3v) is 5.80. The number of nitrogens with zero attached hydrogens (tertiary/aromatic N) is 2. The number of carbonyl (C=O) groups is 1. The Morgan fingerprint density at radius 1 is 1.09 bits per heavy atom. The number of morpholine rings is 1. The van der Waals surface area contributed by atoms with Gasteiger partial charge in [-0.25, -0.2) is 4.39 Å². The number of rotatable bonds is 2. The van der Waals surface area contributed by atoms with Crippen LogP contribution in [-0.4, -0.2) is 79.0 Å². The summed E-state index contributed by atoms with van der Waals surface area (Å²) in [6, 6.07) is 0.254. The highest BCUT2D eigenvalue weighted by atomic mass is 19.1. The van der Waals surface area contributed by atoms with Crippen LogP contribution < -0.4 is 0 Å². The molecule has 4 fully saturated rings. The zero-order valence-corrected chi connectivity index (χ0v) is 13.0. The highest BCUT2D eigenvalue weighted by Gasteiger charge is 2.54. The summed E-state index contributed by atoms with van der Waals surface area (Å²) < 4.78 is 26.1. The van der Waals surface area contributed by atoms with Crippen LogP contribution in [0.4, 0.5) is 4.39 Å². The molecule has 3 atom stereocenters. The molecule has 22 heavy (non-hydrogen) atoms. The Bertz CT molecular complexity index is 437. The van der Waals surface area contributed by atoms with Crippen molar-refractivity contribution < 1.29 is 18.7 Å². The quantitative estimate of drug-likeness (QED) is 0.762. The van der Waals surface area contributed by atoms with Crippen LogP contribution in [0.3, 0.4) is 0 Å². The van der Waals surface area contributed by atoms with Crippen LogP contribution in [0.5, 0.6) is 0 Å². The monoisotopic (exact) mass is 312 g/mol. The average molecular weight is 312 g/mol. The van der Waals surface area contributed by atoms with E-state index in [4.69, 9.17) is 9.47 Å². The molecule has 0 spiro atoms. The number of ether oxygens (including phenoxy) is 2. The van der Waals surface area contributed by atoms with Crippen molar-refractivity contribution in [3.63, 3.8) is 0 Å². The molecule has 0 aromatic heterocycles. The molecule has 0 radical (unpaired) electrons. The van der Waals surface area contributed by atoms with Crippen molar-refractivity contribution in [3.8, 4) is 0 Å². The van der Waals surface area contributed by atoms with E-state index in [1.165, 1.54) is 0 Å². The standard InChI is InChI=1S/C16H25FN2O3/c17-16(4-2-5-16)15(20)19-11-13(18-6-9-21-10-7-18)14-12(19)3-1-8-22-14/h12-14H,1-11H2/t12-,13-,14+/m0/s1. The van der Waals surface area contributed by atoms with Gasteiger partial charge in [0.2, 0.25) is 0 Å². The number of likely N-dealkylation sites (tertiary alicyclic amines) is 1. The zero-order valence-electron chi connectivity index (χ0n) is 13.0. The minimum Gasteiger partial charge on any atom is -0.379 e. The van der Waals surface area contributed by atoms with Crippen molar-refractivity contribution >= 4 is 5.91 Å². The molecule has 0 aromatic carbocycles. The van der Waals surface area contributed by atoms with Crippen LogP contribution in [0.1, 0.15) is 32.1 Å². The van der Waals surface area contributed by atoms with Crippen LogP contribution in [0.25, 0.3) is 0 Å². The largest absolute Gasteiger partial charge is 0.379 e. The Labute approximate surface area is 130 Å². The second kappa shape index (κ2) is 5.73. The van der Waals surface area contributed by atoms with Gasteiger partial charge in [0.05, 0.1) is 31.4 Å². The Kier molecular flexibility index (Phi) is 3.86. The molecule has 5 nitrogen and oxygen atoms in total. The summed E-state index contributed by atoms with van der Waals surface area (Å²) in [5, 5.41) is 0. The number of hydrogen-bond donors (Lipinski definition) is 0. The fourth-order valence-electron chi connectivity index (χ4n) is 4.35. The van der Waals surface area contributed by atoms with E-state index in [-0.39, 0.29) is 24.1 Å². The van der Waals surface area contributed by atoms with Crippen molar-refractivity contribution in [2.45, 2.75) is 56.0 Å². The van der Waals surface area contributed by atoms with E-state index in [0.717, 1.165) is 52.2 Å². The van der Waals surface area contributed by atoms with Gasteiger partial charge in [0, 0.05) is 26.2 Å². The van der Waals surface area contributed by atoms with Gasteiger partial charge in [-0.3, -0.25) is 9.69 Å². The van der Waals surface area contributed by atoms with Crippen molar-refractivity contribution in [2.24, 2.45) is 0 Å². The topological polar surface area (TPSA) is 42.0 Å². The molecule has 0 unspecified atom stereocenters. The molecular weight excluding hydrogens is 287 g/mol. The van der Waals surface area contributed by atoms with E-state index in [1.807, 2.05) is 4.90 Å². The van der Waals surface area contributed by atoms with E-state index < -0.39 is 5.67 Å². The van der Waals surface area contributed by atoms with Crippen LogP contribution in [0.15, 0.2) is 0 Å². The maximum Gasteiger partial charge on any atom is 0.260 e. The van der Waals surface area contributed by atoms with E-state index >= 15 is 0 Å². The third kappa shape index (κ3) is 2.36. The molecule has 3 saturated heterocycles. The summed E-state index contributed by atoms with van der Waals surface area (Å²) in [6.07, 6.45) is 3.55. The summed E-state index contributed by atoms with van der Waals surface area (Å²) >= 11 is 0. The molecule has 0 N–H and O–H groups in total. The summed E-state index contributed by atoms with van der Waals surface area (Å²) in [6.45, 7) is 4.58. The van der Waals surface area contributed by atoms with E-state index in [0.29, 0.717) is 19.4 Å². The Morgan fingerprint density at radius 2 is 1.86 bits per heavy atom. The molecule has 3 aliphatic heterocycles. The van der Waals surface area contributed by atoms with Gasteiger partial charge in [-0.2, -0.15) is 0 Å². The summed E-state index contributed by atoms with van der Waals surface area (Å²) in [5.74, 6) is -0.282. The molecule has 1 saturated carbocycles. The number of alkyl halides is 1. The predicted octanol–water partition coefficient (Wildman–Crippen LogP) is 0.969. The summed E-state index contributed by atoms with van der Waals surface area (Å²) in [4.78, 5) is 16.9. The molecule has 0 aromatic rings. The van der Waals surface area contributed by atoms with Crippen LogP contribution >= 0.6 is 0 Å². The maximum absolute atomic E-state index is 14.6. The van der Waals surface area contributed by atoms with Crippen molar-refractivity contribution in [1.29, 1.82) is 0 Å². The van der Waals surface area contributed by atoms with Crippen LogP contribution in [0.2, 0.25) is 0 Å². The molecule has 4 aliphatic rings. The minimum absolute atomic E-state index is 0.0412. The number of carbonyl (C=O) groups excluding carboxylic acids is 1. The Hall–Kier alpha value is -0.720. The predicted molar refractivity (Wildman–Crippen MR) is 78.3 cm³/mol. The number of hydrogen-bond acceptors (Lipinski definition) is 4. The van der Waals surface area contributed by atoms with Crippen molar-refractivity contribution in [3.05, 3.63) is 0 Å². The van der Waals surface area contributed by atoms with Gasteiger partial charge in [0.15, 0.2) is 5.67 Å². The molecule has 0 bridgehead atoms. The maximum atomic E-state index is 14.6. The highest BCUT2D eigenvalue weighted by molar-refractivity contribution is 5.86. The van der Waals surface area contributed by atoms with Crippen molar-refractivity contribution in [2.75, 3.05) is 39.5 Å². The smallest absolute Gasteiger partial charge is 0.260 e. The third-order valence-electron chi connectivity index (χ3n) is 5.80. The highest BCUT2D eigenvalue weighted by Crippen LogP contribution is 2.41.